The van der Waals surface area contributed by atoms with Crippen LogP contribution >= 0.6 is 0 Å². The molecule has 1 rings (SSSR count). The Bertz CT molecular complexity index is 290. The van der Waals surface area contributed by atoms with Gasteiger partial charge in [-0.05, 0) is 25.8 Å². The number of rotatable bonds is 2. The van der Waals surface area contributed by atoms with Crippen molar-refractivity contribution in [3.63, 3.8) is 0 Å². The minimum absolute atomic E-state index is 0.0648. The Hall–Kier alpha value is -1.32. The molecule has 1 aliphatic rings. The summed E-state index contributed by atoms with van der Waals surface area (Å²) in [4.78, 5) is 22.5. The van der Waals surface area contributed by atoms with Crippen LogP contribution in [0.5, 0.6) is 0 Å². The lowest BCUT2D eigenvalue weighted by Gasteiger charge is -2.20. The average Bonchev–Trinajstić information content (AvgIpc) is 2.11. The number of hydrogen-bond acceptors (Lipinski definition) is 4. The molecule has 78 valence electrons. The Morgan fingerprint density at radius 3 is 2.86 bits per heavy atom. The minimum Gasteiger partial charge on any atom is -0.460 e. The largest absolute Gasteiger partial charge is 0.460 e. The van der Waals surface area contributed by atoms with Crippen LogP contribution in [0.4, 0.5) is 0 Å². The van der Waals surface area contributed by atoms with Gasteiger partial charge in [-0.1, -0.05) is 6.92 Å². The maximum Gasteiger partial charge on any atom is 0.374 e. The van der Waals surface area contributed by atoms with E-state index in [1.165, 1.54) is 0 Å². The van der Waals surface area contributed by atoms with Crippen molar-refractivity contribution >= 4 is 11.9 Å². The maximum atomic E-state index is 11.3. The molecule has 1 heterocycles. The van der Waals surface area contributed by atoms with Crippen LogP contribution in [0.3, 0.4) is 0 Å². The van der Waals surface area contributed by atoms with Crippen LogP contribution in [0.15, 0.2) is 11.3 Å². The zero-order chi connectivity index (χ0) is 10.7. The van der Waals surface area contributed by atoms with E-state index in [4.69, 9.17) is 9.47 Å². The van der Waals surface area contributed by atoms with E-state index >= 15 is 0 Å². The third kappa shape index (κ3) is 2.13. The third-order valence-corrected chi connectivity index (χ3v) is 2.07. The van der Waals surface area contributed by atoms with E-state index in [0.717, 1.165) is 5.57 Å². The van der Waals surface area contributed by atoms with Crippen molar-refractivity contribution in [3.8, 4) is 0 Å². The van der Waals surface area contributed by atoms with Crippen molar-refractivity contribution in [2.45, 2.75) is 27.2 Å². The third-order valence-electron chi connectivity index (χ3n) is 2.07. The molecule has 0 aromatic carbocycles. The lowest BCUT2D eigenvalue weighted by Crippen LogP contribution is -2.25. The molecule has 4 nitrogen and oxygen atoms in total. The first kappa shape index (κ1) is 10.8. The summed E-state index contributed by atoms with van der Waals surface area (Å²) in [6.07, 6.45) is 0.562. The van der Waals surface area contributed by atoms with E-state index in [9.17, 15) is 9.59 Å². The van der Waals surface area contributed by atoms with Gasteiger partial charge in [0.05, 0.1) is 12.5 Å². The molecule has 4 heteroatoms. The number of allylic oxidation sites excluding steroid dienone is 1. The summed E-state index contributed by atoms with van der Waals surface area (Å²) in [5.41, 5.74) is 0.774. The first-order valence-electron chi connectivity index (χ1n) is 4.64. The maximum absolute atomic E-state index is 11.3. The van der Waals surface area contributed by atoms with Gasteiger partial charge in [-0.2, -0.15) is 0 Å². The van der Waals surface area contributed by atoms with Crippen molar-refractivity contribution in [1.82, 2.24) is 0 Å². The van der Waals surface area contributed by atoms with Crippen LogP contribution in [-0.4, -0.2) is 18.5 Å². The van der Waals surface area contributed by atoms with E-state index in [2.05, 4.69) is 0 Å². The molecule has 0 aliphatic carbocycles. The van der Waals surface area contributed by atoms with E-state index in [1.54, 1.807) is 20.8 Å². The Morgan fingerprint density at radius 1 is 1.64 bits per heavy atom. The summed E-state index contributed by atoms with van der Waals surface area (Å²) in [6.45, 7) is 5.53. The molecule has 0 saturated heterocycles. The predicted octanol–water partition coefficient (Wildman–Crippen LogP) is 1.41. The fourth-order valence-corrected chi connectivity index (χ4v) is 1.34. The van der Waals surface area contributed by atoms with Gasteiger partial charge in [-0.15, -0.1) is 0 Å². The van der Waals surface area contributed by atoms with Gasteiger partial charge in [0.25, 0.3) is 0 Å². The van der Waals surface area contributed by atoms with Gasteiger partial charge in [0, 0.05) is 0 Å². The van der Waals surface area contributed by atoms with Crippen molar-refractivity contribution in [1.29, 1.82) is 0 Å². The minimum atomic E-state index is -0.551. The van der Waals surface area contributed by atoms with Crippen LogP contribution in [0, 0.1) is 5.92 Å². The molecule has 0 aromatic rings. The molecule has 14 heavy (non-hydrogen) atoms. The lowest BCUT2D eigenvalue weighted by molar-refractivity contribution is -0.155. The molecule has 0 aromatic heterocycles. The summed E-state index contributed by atoms with van der Waals surface area (Å²) in [6, 6.07) is 0. The number of hydrogen-bond donors (Lipinski definition) is 0. The molecule has 1 atom stereocenters. The first-order chi connectivity index (χ1) is 6.56. The molecule has 0 radical (unpaired) electrons. The summed E-state index contributed by atoms with van der Waals surface area (Å²) in [5.74, 6) is -1.02. The van der Waals surface area contributed by atoms with Crippen LogP contribution in [0.2, 0.25) is 0 Å². The van der Waals surface area contributed by atoms with Crippen molar-refractivity contribution in [2.75, 3.05) is 6.61 Å². The molecule has 0 saturated carbocycles. The summed E-state index contributed by atoms with van der Waals surface area (Å²) < 4.78 is 9.65. The van der Waals surface area contributed by atoms with Crippen LogP contribution in [0.25, 0.3) is 0 Å². The lowest BCUT2D eigenvalue weighted by atomic mass is 9.99. The Labute approximate surface area is 82.9 Å². The van der Waals surface area contributed by atoms with Gasteiger partial charge in [-0.25, -0.2) is 4.79 Å². The van der Waals surface area contributed by atoms with Gasteiger partial charge in [0.2, 0.25) is 5.76 Å². The SMILES string of the molecule is CCOC(=O)C1=C(C)C[C@@H](C)C(=O)O1. The summed E-state index contributed by atoms with van der Waals surface area (Å²) in [5, 5.41) is 0. The number of cyclic esters (lactones) is 1. The molecule has 0 spiro atoms. The number of ether oxygens (including phenoxy) is 2. The number of carbonyl (C=O) groups is 2. The molecular formula is C10H14O4. The quantitative estimate of drug-likeness (QED) is 0.629. The van der Waals surface area contributed by atoms with Gasteiger partial charge in [0.1, 0.15) is 0 Å². The predicted molar refractivity (Wildman–Crippen MR) is 49.2 cm³/mol. The molecule has 0 amide bonds. The number of carbonyl (C=O) groups excluding carboxylic acids is 2. The normalized spacial score (nSPS) is 21.9. The zero-order valence-electron chi connectivity index (χ0n) is 8.62. The zero-order valence-corrected chi connectivity index (χ0v) is 8.62. The van der Waals surface area contributed by atoms with Crippen LogP contribution in [0.1, 0.15) is 27.2 Å². The van der Waals surface area contributed by atoms with Gasteiger partial charge < -0.3 is 9.47 Å². The second kappa shape index (κ2) is 4.26. The highest BCUT2D eigenvalue weighted by molar-refractivity contribution is 5.92. The van der Waals surface area contributed by atoms with E-state index in [0.29, 0.717) is 6.42 Å². The molecule has 0 N–H and O–H groups in total. The Balaban J connectivity index is 2.82. The molecule has 0 fully saturated rings. The van der Waals surface area contributed by atoms with Crippen molar-refractivity contribution in [2.24, 2.45) is 5.92 Å². The highest BCUT2D eigenvalue weighted by atomic mass is 16.6. The van der Waals surface area contributed by atoms with Gasteiger partial charge in [0.15, 0.2) is 0 Å². The fourth-order valence-electron chi connectivity index (χ4n) is 1.34. The number of esters is 2. The van der Waals surface area contributed by atoms with Crippen LogP contribution < -0.4 is 0 Å². The first-order valence-corrected chi connectivity index (χ1v) is 4.64. The molecule has 1 aliphatic heterocycles. The average molecular weight is 198 g/mol. The second-order valence-electron chi connectivity index (χ2n) is 3.36. The smallest absolute Gasteiger partial charge is 0.374 e. The van der Waals surface area contributed by atoms with E-state index in [1.807, 2.05) is 0 Å². The van der Waals surface area contributed by atoms with Gasteiger partial charge >= 0.3 is 11.9 Å². The fraction of sp³-hybridized carbons (Fsp3) is 0.600. The Kier molecular flexibility index (Phi) is 3.28. The van der Waals surface area contributed by atoms with Crippen molar-refractivity contribution in [3.05, 3.63) is 11.3 Å². The molecule has 0 unspecified atom stereocenters. The molecule has 0 bridgehead atoms. The second-order valence-corrected chi connectivity index (χ2v) is 3.36. The highest BCUT2D eigenvalue weighted by Crippen LogP contribution is 2.24. The van der Waals surface area contributed by atoms with E-state index < -0.39 is 5.97 Å². The standard InChI is InChI=1S/C10H14O4/c1-4-13-10(12)8-6(2)5-7(3)9(11)14-8/h7H,4-5H2,1-3H3/t7-/m1/s1. The Morgan fingerprint density at radius 2 is 2.29 bits per heavy atom. The van der Waals surface area contributed by atoms with Crippen molar-refractivity contribution < 1.29 is 19.1 Å². The van der Waals surface area contributed by atoms with Crippen LogP contribution in [-0.2, 0) is 19.1 Å². The van der Waals surface area contributed by atoms with E-state index in [-0.39, 0.29) is 24.3 Å². The topological polar surface area (TPSA) is 52.6 Å². The highest BCUT2D eigenvalue weighted by Gasteiger charge is 2.29. The molecular weight excluding hydrogens is 184 g/mol. The monoisotopic (exact) mass is 198 g/mol. The summed E-state index contributed by atoms with van der Waals surface area (Å²) >= 11 is 0. The summed E-state index contributed by atoms with van der Waals surface area (Å²) in [7, 11) is 0. The van der Waals surface area contributed by atoms with Gasteiger partial charge in [-0.3, -0.25) is 4.79 Å².